The van der Waals surface area contributed by atoms with Gasteiger partial charge in [-0.15, -0.1) is 34.8 Å². The SMILES string of the molecule is COc1cc2c(cc1OC)C1C(C3C4C(Cl)(Cl)C(Cl)(Cl)C(Cl)(C23)C4(Cl)Cl)C2(Cl)C(Cl)(Cl)C(Cl)(Cl)C1(Cl)C2(Cl)Cl. The Morgan fingerprint density at radius 2 is 0.949 bits per heavy atom. The molecule has 0 saturated heterocycles. The topological polar surface area (TPSA) is 18.5 Å². The van der Waals surface area contributed by atoms with E-state index in [0.717, 1.165) is 0 Å². The summed E-state index contributed by atoms with van der Waals surface area (Å²) < 4.78 is -1.48. The van der Waals surface area contributed by atoms with Crippen molar-refractivity contribution in [2.24, 2.45) is 17.8 Å². The minimum absolute atomic E-state index is 0.328. The molecule has 0 heterocycles. The van der Waals surface area contributed by atoms with Crippen molar-refractivity contribution < 1.29 is 9.47 Å². The zero-order chi connectivity index (χ0) is 29.5. The summed E-state index contributed by atoms with van der Waals surface area (Å²) in [6, 6.07) is 3.35. The molecule has 0 spiro atoms. The van der Waals surface area contributed by atoms with Crippen LogP contribution in [0.2, 0.25) is 0 Å². The number of hydrogen-bond acceptors (Lipinski definition) is 2. The molecule has 4 bridgehead atoms. The molecule has 6 rings (SSSR count). The van der Waals surface area contributed by atoms with E-state index in [2.05, 4.69) is 0 Å². The Morgan fingerprint density at radius 1 is 0.513 bits per heavy atom. The van der Waals surface area contributed by atoms with Crippen molar-refractivity contribution in [3.8, 4) is 11.5 Å². The van der Waals surface area contributed by atoms with E-state index >= 15 is 0 Å². The van der Waals surface area contributed by atoms with Crippen LogP contribution in [0.5, 0.6) is 11.5 Å². The van der Waals surface area contributed by atoms with Crippen LogP contribution in [0.1, 0.15) is 23.0 Å². The first-order valence-electron chi connectivity index (χ1n) is 11.1. The minimum atomic E-state index is -2.24. The van der Waals surface area contributed by atoms with E-state index in [1.807, 2.05) is 0 Å². The van der Waals surface area contributed by atoms with Crippen LogP contribution in [0.3, 0.4) is 0 Å². The molecule has 1 aromatic rings. The van der Waals surface area contributed by atoms with E-state index in [0.29, 0.717) is 22.6 Å². The van der Waals surface area contributed by atoms with Crippen molar-refractivity contribution in [1.82, 2.24) is 0 Å². The Hall–Kier alpha value is 3.17. The molecule has 0 radical (unpaired) electrons. The first-order valence-corrected chi connectivity index (χ1v) is 16.7. The molecule has 17 heteroatoms. The van der Waals surface area contributed by atoms with Crippen LogP contribution >= 0.6 is 174 Å². The summed E-state index contributed by atoms with van der Waals surface area (Å²) in [5.41, 5.74) is 1.01. The van der Waals surface area contributed by atoms with E-state index < -0.39 is 70.2 Å². The van der Waals surface area contributed by atoms with E-state index in [4.69, 9.17) is 183 Å². The van der Waals surface area contributed by atoms with Gasteiger partial charge in [0.05, 0.1) is 14.2 Å². The lowest BCUT2D eigenvalue weighted by molar-refractivity contribution is 0.108. The van der Waals surface area contributed by atoms with Gasteiger partial charge in [0.1, 0.15) is 19.0 Å². The number of ether oxygens (including phenoxy) is 2. The summed E-state index contributed by atoms with van der Waals surface area (Å²) in [6.07, 6.45) is 0. The Morgan fingerprint density at radius 3 is 1.41 bits per heavy atom. The summed E-state index contributed by atoms with van der Waals surface area (Å²) in [4.78, 5) is -5.98. The molecule has 1 aromatic carbocycles. The summed E-state index contributed by atoms with van der Waals surface area (Å²) in [6.45, 7) is 0. The number of benzene rings is 1. The van der Waals surface area contributed by atoms with Gasteiger partial charge in [-0.05, 0) is 35.1 Å². The zero-order valence-electron chi connectivity index (χ0n) is 19.0. The molecule has 4 fully saturated rings. The monoisotopic (exact) mass is 834 g/mol. The van der Waals surface area contributed by atoms with E-state index in [1.54, 1.807) is 12.1 Å². The average Bonchev–Trinajstić information content (AvgIpc) is 3.17. The van der Waals surface area contributed by atoms with Crippen LogP contribution in [0.15, 0.2) is 12.1 Å². The van der Waals surface area contributed by atoms with E-state index in [-0.39, 0.29) is 0 Å². The van der Waals surface area contributed by atoms with Gasteiger partial charge in [-0.25, -0.2) is 0 Å². The molecular formula is C22H13Cl15O2. The fourth-order valence-corrected chi connectivity index (χ4v) is 16.3. The van der Waals surface area contributed by atoms with Crippen LogP contribution in [0, 0.1) is 17.8 Å². The van der Waals surface area contributed by atoms with Crippen molar-refractivity contribution >= 4 is 174 Å². The van der Waals surface area contributed by atoms with Gasteiger partial charge in [0.2, 0.25) is 0 Å². The highest BCUT2D eigenvalue weighted by atomic mass is 35.6. The third kappa shape index (κ3) is 2.84. The molecule has 0 N–H and O–H groups in total. The second-order valence-electron chi connectivity index (χ2n) is 10.6. The standard InChI is InChI=1S/C22H13Cl15O2/c1-38-7-3-5-6(4-8(7)39-2)11-12(16(25)19(30,31)15(11,24)21(34,35)22(16,36)37)9-10(5)14(23)17(26,27)13(9)18(28,29)20(14,32)33/h3-4,9-13H,1-2H3. The van der Waals surface area contributed by atoms with Gasteiger partial charge < -0.3 is 9.47 Å². The van der Waals surface area contributed by atoms with Gasteiger partial charge in [-0.1, -0.05) is 139 Å². The van der Waals surface area contributed by atoms with Gasteiger partial charge in [-0.2, -0.15) is 0 Å². The van der Waals surface area contributed by atoms with Crippen molar-refractivity contribution in [2.75, 3.05) is 14.2 Å². The second kappa shape index (κ2) is 8.55. The fourth-order valence-electron chi connectivity index (χ4n) is 8.03. The van der Waals surface area contributed by atoms with Gasteiger partial charge >= 0.3 is 0 Å². The maximum Gasteiger partial charge on any atom is 0.175 e. The van der Waals surface area contributed by atoms with Gasteiger partial charge in [0.25, 0.3) is 0 Å². The predicted molar refractivity (Wildman–Crippen MR) is 168 cm³/mol. The molecule has 4 saturated carbocycles. The van der Waals surface area contributed by atoms with Crippen molar-refractivity contribution in [2.45, 2.75) is 52.5 Å². The molecule has 5 aliphatic rings. The molecule has 8 atom stereocenters. The normalized spacial score (nSPS) is 47.4. The number of halogens is 15. The molecule has 218 valence electrons. The van der Waals surface area contributed by atoms with E-state index in [9.17, 15) is 0 Å². The van der Waals surface area contributed by atoms with E-state index in [1.165, 1.54) is 14.2 Å². The summed E-state index contributed by atoms with van der Waals surface area (Å²) in [5.74, 6) is -4.15. The number of hydrogen-bond donors (Lipinski definition) is 0. The average molecular weight is 841 g/mol. The van der Waals surface area contributed by atoms with Crippen molar-refractivity contribution in [3.05, 3.63) is 23.3 Å². The Labute approximate surface area is 299 Å². The Balaban J connectivity index is 1.79. The molecule has 0 aromatic heterocycles. The quantitative estimate of drug-likeness (QED) is 0.276. The number of rotatable bonds is 2. The summed E-state index contributed by atoms with van der Waals surface area (Å²) >= 11 is 106. The largest absolute Gasteiger partial charge is 0.493 e. The third-order valence-electron chi connectivity index (χ3n) is 9.48. The first kappa shape index (κ1) is 32.1. The predicted octanol–water partition coefficient (Wildman–Crippen LogP) is 10.8. The highest BCUT2D eigenvalue weighted by molar-refractivity contribution is 6.75. The highest BCUT2D eigenvalue weighted by Gasteiger charge is 3.00. The first-order chi connectivity index (χ1) is 17.5. The summed E-state index contributed by atoms with van der Waals surface area (Å²) in [7, 11) is 2.92. The number of fused-ring (bicyclic) bond motifs is 14. The van der Waals surface area contributed by atoms with Crippen LogP contribution in [-0.4, -0.2) is 54.8 Å². The summed E-state index contributed by atoms with van der Waals surface area (Å²) in [5, 5.41) is 0. The molecule has 0 amide bonds. The molecule has 2 nitrogen and oxygen atoms in total. The van der Waals surface area contributed by atoms with Gasteiger partial charge in [0.15, 0.2) is 33.2 Å². The van der Waals surface area contributed by atoms with Crippen molar-refractivity contribution in [3.63, 3.8) is 0 Å². The molecule has 0 aliphatic heterocycles. The van der Waals surface area contributed by atoms with Gasteiger partial charge in [-0.3, -0.25) is 0 Å². The lowest BCUT2D eigenvalue weighted by Crippen LogP contribution is -2.67. The number of methoxy groups -OCH3 is 2. The minimum Gasteiger partial charge on any atom is -0.493 e. The molecule has 8 unspecified atom stereocenters. The second-order valence-corrected chi connectivity index (χ2v) is 20.4. The Bertz CT molecular complexity index is 1310. The fraction of sp³-hybridized carbons (Fsp3) is 0.727. The highest BCUT2D eigenvalue weighted by Crippen LogP contribution is 2.93. The number of alkyl halides is 15. The van der Waals surface area contributed by atoms with Crippen molar-refractivity contribution in [1.29, 1.82) is 0 Å². The van der Waals surface area contributed by atoms with Crippen LogP contribution in [-0.2, 0) is 0 Å². The van der Waals surface area contributed by atoms with Crippen LogP contribution in [0.25, 0.3) is 0 Å². The Kier molecular flexibility index (Phi) is 7.04. The smallest absolute Gasteiger partial charge is 0.175 e. The van der Waals surface area contributed by atoms with Gasteiger partial charge in [0, 0.05) is 17.8 Å². The lowest BCUT2D eigenvalue weighted by atomic mass is 9.54. The zero-order valence-corrected chi connectivity index (χ0v) is 30.4. The van der Waals surface area contributed by atoms with Crippen LogP contribution < -0.4 is 9.47 Å². The molecular weight excluding hydrogens is 828 g/mol. The molecule has 39 heavy (non-hydrogen) atoms. The molecule has 5 aliphatic carbocycles. The maximum atomic E-state index is 7.41. The lowest BCUT2D eigenvalue weighted by Gasteiger charge is -2.60. The van der Waals surface area contributed by atoms with Crippen LogP contribution in [0.4, 0.5) is 0 Å². The maximum absolute atomic E-state index is 7.41. The third-order valence-corrected chi connectivity index (χ3v) is 20.7.